The van der Waals surface area contributed by atoms with Gasteiger partial charge in [0.1, 0.15) is 17.7 Å². The largest absolute Gasteiger partial charge is 0.337 e. The predicted octanol–water partition coefficient (Wildman–Crippen LogP) is 4.37. The Kier molecular flexibility index (Phi) is 3.76. The number of hydrogen-bond acceptors (Lipinski definition) is 3. The number of rotatable bonds is 2. The van der Waals surface area contributed by atoms with Crippen LogP contribution in [0.5, 0.6) is 0 Å². The molecular weight excluding hydrogens is 289 g/mol. The van der Waals surface area contributed by atoms with Crippen molar-refractivity contribution in [3.63, 3.8) is 0 Å². The molecule has 3 nitrogen and oxygen atoms in total. The van der Waals surface area contributed by atoms with E-state index >= 15 is 0 Å². The first-order valence-electron chi connectivity index (χ1n) is 6.82. The van der Waals surface area contributed by atoms with E-state index < -0.39 is 5.82 Å². The van der Waals surface area contributed by atoms with Crippen molar-refractivity contribution in [2.24, 2.45) is 0 Å². The van der Waals surface area contributed by atoms with E-state index in [1.54, 1.807) is 0 Å². The molecule has 0 fully saturated rings. The zero-order chi connectivity index (χ0) is 14.8. The summed E-state index contributed by atoms with van der Waals surface area (Å²) in [6.45, 7) is 0. The van der Waals surface area contributed by atoms with Crippen molar-refractivity contribution in [2.75, 3.05) is 5.32 Å². The normalized spacial score (nSPS) is 13.4. The number of nitrogens with one attached hydrogen (secondary N) is 1. The Morgan fingerprint density at radius 3 is 2.86 bits per heavy atom. The fraction of sp³-hybridized carbons (Fsp3) is 0.250. The summed E-state index contributed by atoms with van der Waals surface area (Å²) in [7, 11) is 0. The Hall–Kier alpha value is -2.12. The fourth-order valence-electron chi connectivity index (χ4n) is 2.54. The smallest absolute Gasteiger partial charge is 0.148 e. The minimum atomic E-state index is -0.428. The third-order valence-corrected chi connectivity index (χ3v) is 3.84. The molecule has 0 amide bonds. The zero-order valence-corrected chi connectivity index (χ0v) is 12.0. The highest BCUT2D eigenvalue weighted by atomic mass is 35.5. The van der Waals surface area contributed by atoms with Gasteiger partial charge in [-0.25, -0.2) is 9.37 Å². The highest BCUT2D eigenvalue weighted by Crippen LogP contribution is 2.28. The first-order chi connectivity index (χ1) is 10.2. The van der Waals surface area contributed by atoms with E-state index in [0.29, 0.717) is 16.4 Å². The molecule has 1 aliphatic rings. The fourth-order valence-corrected chi connectivity index (χ4v) is 2.71. The first kappa shape index (κ1) is 13.8. The van der Waals surface area contributed by atoms with Crippen LogP contribution < -0.4 is 5.32 Å². The maximum Gasteiger partial charge on any atom is 0.148 e. The van der Waals surface area contributed by atoms with E-state index in [-0.39, 0.29) is 5.69 Å². The number of fused-ring (bicyclic) bond motifs is 1. The van der Waals surface area contributed by atoms with Crippen molar-refractivity contribution < 1.29 is 4.39 Å². The molecule has 0 unspecified atom stereocenters. The van der Waals surface area contributed by atoms with Gasteiger partial charge in [0.05, 0.1) is 11.3 Å². The maximum absolute atomic E-state index is 13.8. The van der Waals surface area contributed by atoms with E-state index in [1.807, 2.05) is 6.07 Å². The highest BCUT2D eigenvalue weighted by molar-refractivity contribution is 6.30. The van der Waals surface area contributed by atoms with Crippen molar-refractivity contribution >= 4 is 23.1 Å². The Morgan fingerprint density at radius 2 is 2.05 bits per heavy atom. The Balaban J connectivity index is 2.02. The SMILES string of the molecule is N#Cc1cc2c(nc1Nc1cc(Cl)ccc1F)CCCC2. The van der Waals surface area contributed by atoms with Gasteiger partial charge in [0.2, 0.25) is 0 Å². The minimum Gasteiger partial charge on any atom is -0.337 e. The van der Waals surface area contributed by atoms with Gasteiger partial charge in [0.25, 0.3) is 0 Å². The topological polar surface area (TPSA) is 48.7 Å². The monoisotopic (exact) mass is 301 g/mol. The van der Waals surface area contributed by atoms with Crippen LogP contribution in [0.2, 0.25) is 5.02 Å². The summed E-state index contributed by atoms with van der Waals surface area (Å²) in [5.41, 5.74) is 2.76. The molecule has 0 atom stereocenters. The van der Waals surface area contributed by atoms with Gasteiger partial charge in [-0.15, -0.1) is 0 Å². The Morgan fingerprint density at radius 1 is 1.24 bits per heavy atom. The number of hydrogen-bond donors (Lipinski definition) is 1. The molecule has 0 saturated carbocycles. The summed E-state index contributed by atoms with van der Waals surface area (Å²) in [5, 5.41) is 12.6. The minimum absolute atomic E-state index is 0.224. The van der Waals surface area contributed by atoms with E-state index in [4.69, 9.17) is 11.6 Å². The number of pyridine rings is 1. The number of aromatic nitrogens is 1. The van der Waals surface area contributed by atoms with Gasteiger partial charge in [-0.1, -0.05) is 11.6 Å². The summed E-state index contributed by atoms with van der Waals surface area (Å²) in [6, 6.07) is 8.22. The summed E-state index contributed by atoms with van der Waals surface area (Å²) in [6.07, 6.45) is 4.06. The molecule has 1 aliphatic carbocycles. The Bertz CT molecular complexity index is 737. The lowest BCUT2D eigenvalue weighted by atomic mass is 9.95. The van der Waals surface area contributed by atoms with Crippen molar-refractivity contribution in [1.82, 2.24) is 4.98 Å². The molecule has 1 N–H and O–H groups in total. The number of benzene rings is 1. The third kappa shape index (κ3) is 2.84. The molecular formula is C16H13ClFN3. The lowest BCUT2D eigenvalue weighted by Crippen LogP contribution is -2.09. The molecule has 0 bridgehead atoms. The van der Waals surface area contributed by atoms with E-state index in [2.05, 4.69) is 16.4 Å². The van der Waals surface area contributed by atoms with Crippen molar-refractivity contribution in [3.8, 4) is 6.07 Å². The standard InChI is InChI=1S/C16H13ClFN3/c17-12-5-6-13(18)15(8-12)21-16-11(9-19)7-10-3-1-2-4-14(10)20-16/h5-8H,1-4H2,(H,20,21). The highest BCUT2D eigenvalue weighted by Gasteiger charge is 2.16. The van der Waals surface area contributed by atoms with Crippen molar-refractivity contribution in [1.29, 1.82) is 5.26 Å². The van der Waals surface area contributed by atoms with Gasteiger partial charge >= 0.3 is 0 Å². The third-order valence-electron chi connectivity index (χ3n) is 3.60. The van der Waals surface area contributed by atoms with Gasteiger partial charge in [-0.2, -0.15) is 5.26 Å². The predicted molar refractivity (Wildman–Crippen MR) is 80.3 cm³/mol. The van der Waals surface area contributed by atoms with Crippen LogP contribution in [0.15, 0.2) is 24.3 Å². The van der Waals surface area contributed by atoms with Crippen LogP contribution >= 0.6 is 11.6 Å². The molecule has 106 valence electrons. The first-order valence-corrected chi connectivity index (χ1v) is 7.20. The second-order valence-corrected chi connectivity index (χ2v) is 5.49. The number of aryl methyl sites for hydroxylation is 2. The summed E-state index contributed by atoms with van der Waals surface area (Å²) < 4.78 is 13.8. The molecule has 1 aromatic carbocycles. The summed E-state index contributed by atoms with van der Waals surface area (Å²) in [4.78, 5) is 4.51. The van der Waals surface area contributed by atoms with Crippen molar-refractivity contribution in [3.05, 3.63) is 51.9 Å². The van der Waals surface area contributed by atoms with Gasteiger partial charge in [-0.05, 0) is 55.5 Å². The molecule has 0 aliphatic heterocycles. The maximum atomic E-state index is 13.8. The number of anilines is 2. The van der Waals surface area contributed by atoms with Gasteiger partial charge < -0.3 is 5.32 Å². The lowest BCUT2D eigenvalue weighted by molar-refractivity contribution is 0.631. The number of halogens is 2. The van der Waals surface area contributed by atoms with Crippen LogP contribution in [0.1, 0.15) is 29.7 Å². The number of nitriles is 1. The van der Waals surface area contributed by atoms with Crippen LogP contribution in [0, 0.1) is 17.1 Å². The zero-order valence-electron chi connectivity index (χ0n) is 11.3. The molecule has 2 aromatic rings. The Labute approximate surface area is 127 Å². The molecule has 0 radical (unpaired) electrons. The molecule has 3 rings (SSSR count). The average molecular weight is 302 g/mol. The molecule has 5 heteroatoms. The van der Waals surface area contributed by atoms with Gasteiger partial charge in [0, 0.05) is 10.7 Å². The average Bonchev–Trinajstić information content (AvgIpc) is 2.50. The second-order valence-electron chi connectivity index (χ2n) is 5.06. The van der Waals surface area contributed by atoms with Crippen LogP contribution in [-0.4, -0.2) is 4.98 Å². The van der Waals surface area contributed by atoms with Crippen LogP contribution in [0.4, 0.5) is 15.9 Å². The quantitative estimate of drug-likeness (QED) is 0.896. The molecule has 0 saturated heterocycles. The molecule has 0 spiro atoms. The molecule has 1 aromatic heterocycles. The van der Waals surface area contributed by atoms with E-state index in [1.165, 1.54) is 18.2 Å². The number of nitrogens with zero attached hydrogens (tertiary/aromatic N) is 2. The summed E-state index contributed by atoms with van der Waals surface area (Å²) >= 11 is 5.88. The van der Waals surface area contributed by atoms with Crippen molar-refractivity contribution in [2.45, 2.75) is 25.7 Å². The van der Waals surface area contributed by atoms with E-state index in [9.17, 15) is 9.65 Å². The molecule has 21 heavy (non-hydrogen) atoms. The lowest BCUT2D eigenvalue weighted by Gasteiger charge is -2.17. The van der Waals surface area contributed by atoms with Gasteiger partial charge in [-0.3, -0.25) is 0 Å². The second kappa shape index (κ2) is 5.71. The van der Waals surface area contributed by atoms with Crippen LogP contribution in [-0.2, 0) is 12.8 Å². The van der Waals surface area contributed by atoms with Gasteiger partial charge in [0.15, 0.2) is 0 Å². The summed E-state index contributed by atoms with van der Waals surface area (Å²) in [5.74, 6) is -0.0397. The molecule has 1 heterocycles. The van der Waals surface area contributed by atoms with Crippen LogP contribution in [0.3, 0.4) is 0 Å². The van der Waals surface area contributed by atoms with E-state index in [0.717, 1.165) is 36.9 Å². The van der Waals surface area contributed by atoms with Crippen LogP contribution in [0.25, 0.3) is 0 Å².